The molecule has 0 aromatic heterocycles. The van der Waals surface area contributed by atoms with Gasteiger partial charge in [0.25, 0.3) is 0 Å². The van der Waals surface area contributed by atoms with E-state index in [1.54, 1.807) is 12.1 Å². The molecule has 0 saturated carbocycles. The van der Waals surface area contributed by atoms with Crippen molar-refractivity contribution in [1.29, 1.82) is 0 Å². The van der Waals surface area contributed by atoms with Crippen LogP contribution in [0.15, 0.2) is 71.6 Å². The fourth-order valence-corrected chi connectivity index (χ4v) is 5.37. The van der Waals surface area contributed by atoms with Gasteiger partial charge >= 0.3 is 0 Å². The van der Waals surface area contributed by atoms with Gasteiger partial charge in [0, 0.05) is 19.6 Å². The first-order chi connectivity index (χ1) is 15.5. The number of ether oxygens (including phenoxy) is 1. The van der Waals surface area contributed by atoms with Crippen molar-refractivity contribution < 1.29 is 18.3 Å². The lowest BCUT2D eigenvalue weighted by Gasteiger charge is -2.32. The molecule has 1 fully saturated rings. The third kappa shape index (κ3) is 5.86. The first-order valence-electron chi connectivity index (χ1n) is 11.1. The average Bonchev–Trinajstić information content (AvgIpc) is 2.82. The Morgan fingerprint density at radius 3 is 2.59 bits per heavy atom. The molecule has 0 unspecified atom stereocenters. The lowest BCUT2D eigenvalue weighted by atomic mass is 9.98. The minimum atomic E-state index is -3.54. The largest absolute Gasteiger partial charge is 0.491 e. The van der Waals surface area contributed by atoms with Crippen LogP contribution in [-0.4, -0.2) is 51.3 Å². The van der Waals surface area contributed by atoms with Crippen molar-refractivity contribution in [3.05, 3.63) is 72.3 Å². The minimum Gasteiger partial charge on any atom is -0.491 e. The highest BCUT2D eigenvalue weighted by Gasteiger charge is 2.23. The van der Waals surface area contributed by atoms with Crippen LogP contribution in [-0.2, 0) is 16.6 Å². The molecular formula is C25H30N2O4S. The predicted molar refractivity (Wildman–Crippen MR) is 126 cm³/mol. The van der Waals surface area contributed by atoms with Gasteiger partial charge in [-0.2, -0.15) is 0 Å². The summed E-state index contributed by atoms with van der Waals surface area (Å²) < 4.78 is 33.9. The molecule has 0 aliphatic carbocycles. The molecule has 1 atom stereocenters. The molecule has 0 bridgehead atoms. The summed E-state index contributed by atoms with van der Waals surface area (Å²) in [7, 11) is -3.54. The van der Waals surface area contributed by atoms with Crippen molar-refractivity contribution in [2.75, 3.05) is 32.8 Å². The van der Waals surface area contributed by atoms with Gasteiger partial charge in [-0.15, -0.1) is 0 Å². The summed E-state index contributed by atoms with van der Waals surface area (Å²) in [4.78, 5) is 2.69. The SMILES string of the molecule is O=S(=O)(NC[C@@H]1CCCN(Cc2ccc(OCCO)cc2)C1)c1ccc2ccccc2c1. The van der Waals surface area contributed by atoms with Crippen molar-refractivity contribution in [2.24, 2.45) is 5.92 Å². The second-order valence-corrected chi connectivity index (χ2v) is 10.1. The third-order valence-electron chi connectivity index (χ3n) is 5.89. The van der Waals surface area contributed by atoms with Gasteiger partial charge in [0.05, 0.1) is 11.5 Å². The lowest BCUT2D eigenvalue weighted by Crippen LogP contribution is -2.40. The Kier molecular flexibility index (Phi) is 7.42. The Hall–Kier alpha value is -2.45. The summed E-state index contributed by atoms with van der Waals surface area (Å²) in [5.41, 5.74) is 1.19. The first-order valence-corrected chi connectivity index (χ1v) is 12.6. The van der Waals surface area contributed by atoms with Gasteiger partial charge in [-0.1, -0.05) is 42.5 Å². The second kappa shape index (κ2) is 10.4. The molecule has 32 heavy (non-hydrogen) atoms. The Balaban J connectivity index is 1.32. The molecule has 0 spiro atoms. The van der Waals surface area contributed by atoms with E-state index >= 15 is 0 Å². The maximum absolute atomic E-state index is 12.8. The van der Waals surface area contributed by atoms with E-state index < -0.39 is 10.0 Å². The van der Waals surface area contributed by atoms with Crippen LogP contribution in [0, 0.1) is 5.92 Å². The summed E-state index contributed by atoms with van der Waals surface area (Å²) in [5.74, 6) is 1.04. The summed E-state index contributed by atoms with van der Waals surface area (Å²) in [5, 5.41) is 10.8. The van der Waals surface area contributed by atoms with Crippen molar-refractivity contribution in [1.82, 2.24) is 9.62 Å². The third-order valence-corrected chi connectivity index (χ3v) is 7.31. The summed E-state index contributed by atoms with van der Waals surface area (Å²) in [6, 6.07) is 21.0. The molecular weight excluding hydrogens is 424 g/mol. The second-order valence-electron chi connectivity index (χ2n) is 8.32. The molecule has 1 heterocycles. The van der Waals surface area contributed by atoms with Crippen LogP contribution in [0.5, 0.6) is 5.75 Å². The van der Waals surface area contributed by atoms with Gasteiger partial charge in [-0.05, 0) is 65.9 Å². The highest BCUT2D eigenvalue weighted by Crippen LogP contribution is 2.22. The van der Waals surface area contributed by atoms with Crippen molar-refractivity contribution in [3.63, 3.8) is 0 Å². The summed E-state index contributed by atoms with van der Waals surface area (Å²) in [6.07, 6.45) is 2.07. The zero-order chi connectivity index (χ0) is 22.4. The fourth-order valence-electron chi connectivity index (χ4n) is 4.22. The molecule has 1 saturated heterocycles. The number of aliphatic hydroxyl groups is 1. The van der Waals surface area contributed by atoms with Crippen LogP contribution in [0.1, 0.15) is 18.4 Å². The number of nitrogens with one attached hydrogen (secondary N) is 1. The van der Waals surface area contributed by atoms with Crippen LogP contribution in [0.4, 0.5) is 0 Å². The zero-order valence-electron chi connectivity index (χ0n) is 18.1. The summed E-state index contributed by atoms with van der Waals surface area (Å²) >= 11 is 0. The Bertz CT molecular complexity index is 1130. The van der Waals surface area contributed by atoms with Gasteiger partial charge in [0.1, 0.15) is 12.4 Å². The van der Waals surface area contributed by atoms with Gasteiger partial charge in [0.15, 0.2) is 0 Å². The van der Waals surface area contributed by atoms with Crippen molar-refractivity contribution >= 4 is 20.8 Å². The van der Waals surface area contributed by atoms with E-state index in [-0.39, 0.29) is 12.5 Å². The standard InChI is InChI=1S/C25H30N2O4S/c28-14-15-31-24-10-7-20(8-11-24)18-27-13-3-4-21(19-27)17-26-32(29,30)25-12-9-22-5-1-2-6-23(22)16-25/h1-2,5-12,16,21,26,28H,3-4,13-15,17-19H2/t21-/m0/s1. The number of rotatable bonds is 9. The van der Waals surface area contributed by atoms with Crippen LogP contribution in [0.2, 0.25) is 0 Å². The molecule has 1 aliphatic rings. The van der Waals surface area contributed by atoms with E-state index in [2.05, 4.69) is 9.62 Å². The first kappa shape index (κ1) is 22.7. The molecule has 2 N–H and O–H groups in total. The van der Waals surface area contributed by atoms with E-state index in [4.69, 9.17) is 9.84 Å². The number of nitrogens with zero attached hydrogens (tertiary/aromatic N) is 1. The molecule has 6 nitrogen and oxygen atoms in total. The molecule has 7 heteroatoms. The van der Waals surface area contributed by atoms with Gasteiger partial charge < -0.3 is 9.84 Å². The molecule has 3 aromatic rings. The quantitative estimate of drug-likeness (QED) is 0.518. The molecule has 0 radical (unpaired) electrons. The van der Waals surface area contributed by atoms with Crippen LogP contribution < -0.4 is 9.46 Å². The number of likely N-dealkylation sites (tertiary alicyclic amines) is 1. The van der Waals surface area contributed by atoms with E-state index in [0.29, 0.717) is 18.0 Å². The number of sulfonamides is 1. The van der Waals surface area contributed by atoms with Gasteiger partial charge in [0.2, 0.25) is 10.0 Å². The number of benzene rings is 3. The van der Waals surface area contributed by atoms with Crippen molar-refractivity contribution in [3.8, 4) is 5.75 Å². The highest BCUT2D eigenvalue weighted by molar-refractivity contribution is 7.89. The number of piperidine rings is 1. The molecule has 4 rings (SSSR count). The Morgan fingerprint density at radius 1 is 1.03 bits per heavy atom. The van der Waals surface area contributed by atoms with Crippen LogP contribution in [0.3, 0.4) is 0 Å². The van der Waals surface area contributed by atoms with Gasteiger partial charge in [-0.3, -0.25) is 4.90 Å². The molecule has 1 aliphatic heterocycles. The number of fused-ring (bicyclic) bond motifs is 1. The summed E-state index contributed by atoms with van der Waals surface area (Å²) in [6.45, 7) is 3.44. The Morgan fingerprint density at radius 2 is 1.81 bits per heavy atom. The number of aliphatic hydroxyl groups excluding tert-OH is 1. The minimum absolute atomic E-state index is 0.00153. The highest BCUT2D eigenvalue weighted by atomic mass is 32.2. The van der Waals surface area contributed by atoms with Gasteiger partial charge in [-0.25, -0.2) is 13.1 Å². The fraction of sp³-hybridized carbons (Fsp3) is 0.360. The molecule has 170 valence electrons. The zero-order valence-corrected chi connectivity index (χ0v) is 18.9. The smallest absolute Gasteiger partial charge is 0.240 e. The van der Waals surface area contributed by atoms with E-state index in [1.165, 1.54) is 5.56 Å². The normalized spacial score (nSPS) is 17.5. The lowest BCUT2D eigenvalue weighted by molar-refractivity contribution is 0.168. The number of hydrogen-bond acceptors (Lipinski definition) is 5. The maximum atomic E-state index is 12.8. The average molecular weight is 455 g/mol. The van der Waals surface area contributed by atoms with E-state index in [0.717, 1.165) is 49.0 Å². The predicted octanol–water partition coefficient (Wildman–Crippen LogP) is 3.40. The van der Waals surface area contributed by atoms with E-state index in [1.807, 2.05) is 54.6 Å². The monoisotopic (exact) mass is 454 g/mol. The number of hydrogen-bond donors (Lipinski definition) is 2. The molecule has 3 aromatic carbocycles. The van der Waals surface area contributed by atoms with E-state index in [9.17, 15) is 8.42 Å². The van der Waals surface area contributed by atoms with Crippen LogP contribution >= 0.6 is 0 Å². The molecule has 0 amide bonds. The van der Waals surface area contributed by atoms with Crippen LogP contribution in [0.25, 0.3) is 10.8 Å². The maximum Gasteiger partial charge on any atom is 0.240 e. The topological polar surface area (TPSA) is 78.9 Å². The Labute approximate surface area is 189 Å². The van der Waals surface area contributed by atoms with Crippen molar-refractivity contribution in [2.45, 2.75) is 24.3 Å².